The molecule has 1 aromatic carbocycles. The number of rotatable bonds is 7. The lowest BCUT2D eigenvalue weighted by Gasteiger charge is -2.16. The molecule has 0 spiro atoms. The van der Waals surface area contributed by atoms with Gasteiger partial charge in [-0.15, -0.1) is 11.3 Å². The lowest BCUT2D eigenvalue weighted by molar-refractivity contribution is -0.118. The molecule has 0 bridgehead atoms. The van der Waals surface area contributed by atoms with E-state index in [2.05, 4.69) is 15.6 Å². The molecule has 3 atom stereocenters. The Labute approximate surface area is 182 Å². The summed E-state index contributed by atoms with van der Waals surface area (Å²) in [5.74, 6) is 0.875. The minimum absolute atomic E-state index is 0.0553. The van der Waals surface area contributed by atoms with Gasteiger partial charge in [0.25, 0.3) is 0 Å². The van der Waals surface area contributed by atoms with Crippen LogP contribution < -0.4 is 15.4 Å². The lowest BCUT2D eigenvalue weighted by Crippen LogP contribution is -2.36. The Kier molecular flexibility index (Phi) is 6.62. The van der Waals surface area contributed by atoms with Gasteiger partial charge in [-0.1, -0.05) is 36.2 Å². The Morgan fingerprint density at radius 2 is 2.14 bits per heavy atom. The van der Waals surface area contributed by atoms with E-state index in [4.69, 9.17) is 11.6 Å². The first-order valence-corrected chi connectivity index (χ1v) is 12.0. The van der Waals surface area contributed by atoms with Gasteiger partial charge in [0.15, 0.2) is 4.80 Å². The Bertz CT molecular complexity index is 958. The van der Waals surface area contributed by atoms with Gasteiger partial charge in [0.2, 0.25) is 5.91 Å². The van der Waals surface area contributed by atoms with Gasteiger partial charge in [0, 0.05) is 34.0 Å². The van der Waals surface area contributed by atoms with Crippen LogP contribution in [-0.4, -0.2) is 39.6 Å². The summed E-state index contributed by atoms with van der Waals surface area (Å²) in [6.07, 6.45) is 5.15. The number of nitrogens with one attached hydrogen (secondary N) is 2. The number of nitrogens with zero attached hydrogens (tertiary/aromatic N) is 2. The number of carbonyl (C=O) groups is 2. The quantitative estimate of drug-likeness (QED) is 0.501. The zero-order valence-corrected chi connectivity index (χ0v) is 18.2. The van der Waals surface area contributed by atoms with Crippen molar-refractivity contribution in [3.05, 3.63) is 51.2 Å². The third-order valence-electron chi connectivity index (χ3n) is 5.25. The maximum absolute atomic E-state index is 12.3. The van der Waals surface area contributed by atoms with E-state index >= 15 is 0 Å². The van der Waals surface area contributed by atoms with Gasteiger partial charge in [0.1, 0.15) is 0 Å². The molecule has 2 saturated heterocycles. The van der Waals surface area contributed by atoms with Gasteiger partial charge in [-0.25, -0.2) is 4.79 Å². The molecule has 2 fully saturated rings. The number of carbonyl (C=O) groups excluding carboxylic acids is 2. The fourth-order valence-corrected chi connectivity index (χ4v) is 6.23. The summed E-state index contributed by atoms with van der Waals surface area (Å²) in [6.45, 7) is 0.594. The summed E-state index contributed by atoms with van der Waals surface area (Å²) in [7, 11) is 0. The molecule has 29 heavy (non-hydrogen) atoms. The van der Waals surface area contributed by atoms with Crippen molar-refractivity contribution in [3.8, 4) is 0 Å². The van der Waals surface area contributed by atoms with Crippen molar-refractivity contribution in [1.29, 1.82) is 0 Å². The van der Waals surface area contributed by atoms with E-state index in [-0.39, 0.29) is 24.0 Å². The van der Waals surface area contributed by atoms with Crippen LogP contribution in [0.15, 0.2) is 40.8 Å². The lowest BCUT2D eigenvalue weighted by atomic mass is 10.0. The molecule has 0 aliphatic carbocycles. The molecule has 4 rings (SSSR count). The fraction of sp³-hybridized carbons (Fsp3) is 0.450. The molecule has 0 unspecified atom stereocenters. The highest BCUT2D eigenvalue weighted by Gasteiger charge is 2.42. The molecule has 2 aromatic rings. The van der Waals surface area contributed by atoms with Crippen LogP contribution in [-0.2, 0) is 11.3 Å². The monoisotopic (exact) mass is 450 g/mol. The second-order valence-electron chi connectivity index (χ2n) is 7.28. The minimum Gasteiger partial charge on any atom is -0.332 e. The maximum Gasteiger partial charge on any atom is 0.315 e. The maximum atomic E-state index is 12.3. The summed E-state index contributed by atoms with van der Waals surface area (Å²) in [5, 5.41) is 9.04. The van der Waals surface area contributed by atoms with Crippen LogP contribution in [0.3, 0.4) is 0 Å². The highest BCUT2D eigenvalue weighted by Crippen LogP contribution is 2.33. The number of hydrogen-bond acceptors (Lipinski definition) is 4. The van der Waals surface area contributed by atoms with Crippen molar-refractivity contribution in [1.82, 2.24) is 15.2 Å². The van der Waals surface area contributed by atoms with Crippen molar-refractivity contribution in [2.75, 3.05) is 5.75 Å². The highest BCUT2D eigenvalue weighted by molar-refractivity contribution is 8.00. The van der Waals surface area contributed by atoms with Crippen LogP contribution in [0.1, 0.15) is 31.2 Å². The number of aromatic nitrogens is 1. The van der Waals surface area contributed by atoms with Crippen LogP contribution in [0.4, 0.5) is 4.79 Å². The third-order valence-corrected chi connectivity index (χ3v) is 7.92. The summed E-state index contributed by atoms with van der Waals surface area (Å²) < 4.78 is 1.95. The molecule has 2 aliphatic rings. The fourth-order valence-electron chi connectivity index (χ4n) is 3.74. The van der Waals surface area contributed by atoms with Crippen LogP contribution in [0.5, 0.6) is 0 Å². The molecule has 0 radical (unpaired) electrons. The Morgan fingerprint density at radius 3 is 3.00 bits per heavy atom. The first-order valence-electron chi connectivity index (χ1n) is 9.73. The molecular formula is C20H23ClN4O2S2. The average molecular weight is 451 g/mol. The first kappa shape index (κ1) is 20.5. The van der Waals surface area contributed by atoms with Gasteiger partial charge in [-0.05, 0) is 24.5 Å². The summed E-state index contributed by atoms with van der Waals surface area (Å²) in [4.78, 5) is 28.8. The van der Waals surface area contributed by atoms with E-state index in [0.717, 1.165) is 30.6 Å². The van der Waals surface area contributed by atoms with E-state index in [9.17, 15) is 9.59 Å². The summed E-state index contributed by atoms with van der Waals surface area (Å²) >= 11 is 9.60. The van der Waals surface area contributed by atoms with E-state index in [1.54, 1.807) is 0 Å². The van der Waals surface area contributed by atoms with Crippen molar-refractivity contribution in [2.45, 2.75) is 49.6 Å². The number of amides is 3. The van der Waals surface area contributed by atoms with Crippen molar-refractivity contribution in [3.63, 3.8) is 0 Å². The zero-order chi connectivity index (χ0) is 20.2. The third kappa shape index (κ3) is 5.05. The SMILES string of the molecule is O=C(CCCC[C@@H]1SC[C@@H]2NC(=O)N[C@@H]21)N=c1sccn1Cc1ccccc1Cl. The van der Waals surface area contributed by atoms with Gasteiger partial charge >= 0.3 is 6.03 Å². The van der Waals surface area contributed by atoms with Crippen LogP contribution in [0.25, 0.3) is 0 Å². The Balaban J connectivity index is 1.27. The van der Waals surface area contributed by atoms with Crippen LogP contribution >= 0.6 is 34.7 Å². The number of hydrogen-bond donors (Lipinski definition) is 2. The standard InChI is InChI=1S/C20H23ClN4O2S2/c21-14-6-2-1-5-13(14)11-25-9-10-28-20(25)23-17(26)8-4-3-7-16-18-15(12-29-16)22-19(27)24-18/h1-2,5-6,9-10,15-16,18H,3-4,7-8,11-12H2,(H2,22,24,27)/t15-,16-,18-/m0/s1. The largest absolute Gasteiger partial charge is 0.332 e. The molecule has 0 saturated carbocycles. The van der Waals surface area contributed by atoms with Crippen molar-refractivity contribution < 1.29 is 9.59 Å². The number of halogens is 1. The second-order valence-corrected chi connectivity index (χ2v) is 9.83. The van der Waals surface area contributed by atoms with Crippen LogP contribution in [0.2, 0.25) is 5.02 Å². The van der Waals surface area contributed by atoms with Gasteiger partial charge < -0.3 is 15.2 Å². The smallest absolute Gasteiger partial charge is 0.315 e. The predicted molar refractivity (Wildman–Crippen MR) is 117 cm³/mol. The van der Waals surface area contributed by atoms with Gasteiger partial charge in [0.05, 0.1) is 18.6 Å². The average Bonchev–Trinajstić information content (AvgIpc) is 3.38. The van der Waals surface area contributed by atoms with Gasteiger partial charge in [-0.2, -0.15) is 16.8 Å². The van der Waals surface area contributed by atoms with Crippen LogP contribution in [0, 0.1) is 0 Å². The molecule has 3 heterocycles. The number of thioether (sulfide) groups is 1. The number of thiazole rings is 1. The molecule has 9 heteroatoms. The molecule has 6 nitrogen and oxygen atoms in total. The Hall–Kier alpha value is -1.77. The highest BCUT2D eigenvalue weighted by atomic mass is 35.5. The normalized spacial score (nSPS) is 23.7. The number of urea groups is 1. The number of fused-ring (bicyclic) bond motifs is 1. The van der Waals surface area contributed by atoms with E-state index in [0.29, 0.717) is 28.0 Å². The van der Waals surface area contributed by atoms with E-state index < -0.39 is 0 Å². The second kappa shape index (κ2) is 9.36. The molecule has 1 aromatic heterocycles. The van der Waals surface area contributed by atoms with E-state index in [1.807, 2.05) is 52.2 Å². The van der Waals surface area contributed by atoms with Crippen molar-refractivity contribution >= 4 is 46.6 Å². The summed E-state index contributed by atoms with van der Waals surface area (Å²) in [6, 6.07) is 8.12. The van der Waals surface area contributed by atoms with Crippen molar-refractivity contribution in [2.24, 2.45) is 4.99 Å². The molecule has 2 N–H and O–H groups in total. The number of benzene rings is 1. The molecule has 2 aliphatic heterocycles. The molecule has 154 valence electrons. The minimum atomic E-state index is -0.0897. The van der Waals surface area contributed by atoms with Gasteiger partial charge in [-0.3, -0.25) is 4.79 Å². The zero-order valence-electron chi connectivity index (χ0n) is 15.8. The summed E-state index contributed by atoms with van der Waals surface area (Å²) in [5.41, 5.74) is 1.00. The molecule has 3 amide bonds. The first-order chi connectivity index (χ1) is 14.1. The topological polar surface area (TPSA) is 75.5 Å². The molecular weight excluding hydrogens is 428 g/mol. The van der Waals surface area contributed by atoms with E-state index in [1.165, 1.54) is 11.3 Å². The Morgan fingerprint density at radius 1 is 1.28 bits per heavy atom. The number of unbranched alkanes of at least 4 members (excludes halogenated alkanes) is 1. The predicted octanol–water partition coefficient (Wildman–Crippen LogP) is 3.40.